The van der Waals surface area contributed by atoms with Gasteiger partial charge in [0.25, 0.3) is 5.91 Å². The molecule has 0 bridgehead atoms. The number of ether oxygens (including phenoxy) is 1. The van der Waals surface area contributed by atoms with Crippen LogP contribution in [0.15, 0.2) is 42.9 Å². The Bertz CT molecular complexity index is 1150. The molecule has 0 saturated carbocycles. The Labute approximate surface area is 177 Å². The predicted molar refractivity (Wildman–Crippen MR) is 107 cm³/mol. The molecule has 5 heterocycles. The van der Waals surface area contributed by atoms with Crippen molar-refractivity contribution in [2.75, 3.05) is 18.0 Å². The van der Waals surface area contributed by atoms with Crippen molar-refractivity contribution in [1.82, 2.24) is 19.5 Å². The number of benzene rings is 1. The van der Waals surface area contributed by atoms with Crippen LogP contribution < -0.4 is 4.90 Å². The van der Waals surface area contributed by atoms with Crippen molar-refractivity contribution < 1.29 is 18.3 Å². The lowest BCUT2D eigenvalue weighted by Crippen LogP contribution is -2.50. The summed E-state index contributed by atoms with van der Waals surface area (Å²) in [5.74, 6) is -1.32. The first kappa shape index (κ1) is 18.7. The van der Waals surface area contributed by atoms with E-state index < -0.39 is 17.2 Å². The van der Waals surface area contributed by atoms with Crippen LogP contribution >= 0.6 is 0 Å². The van der Waals surface area contributed by atoms with Gasteiger partial charge in [0.2, 0.25) is 0 Å². The van der Waals surface area contributed by atoms with Crippen LogP contribution in [0.3, 0.4) is 0 Å². The molecule has 3 saturated heterocycles. The molecule has 2 aromatic heterocycles. The van der Waals surface area contributed by atoms with Crippen molar-refractivity contribution in [1.29, 1.82) is 0 Å². The quantitative estimate of drug-likeness (QED) is 0.632. The van der Waals surface area contributed by atoms with Crippen LogP contribution in [0, 0.1) is 11.6 Å². The molecule has 0 radical (unpaired) electrons. The zero-order chi connectivity index (χ0) is 21.2. The second-order valence-electron chi connectivity index (χ2n) is 8.47. The van der Waals surface area contributed by atoms with E-state index in [1.54, 1.807) is 28.0 Å². The highest BCUT2D eigenvalue weighted by Crippen LogP contribution is 2.48. The van der Waals surface area contributed by atoms with Crippen molar-refractivity contribution in [3.05, 3.63) is 60.1 Å². The topological polar surface area (TPSA) is 63.0 Å². The van der Waals surface area contributed by atoms with E-state index in [1.165, 1.54) is 12.1 Å². The summed E-state index contributed by atoms with van der Waals surface area (Å²) in [5.41, 5.74) is 1.38. The van der Waals surface area contributed by atoms with Gasteiger partial charge in [0.15, 0.2) is 11.2 Å². The summed E-state index contributed by atoms with van der Waals surface area (Å²) >= 11 is 0. The molecule has 3 aliphatic rings. The van der Waals surface area contributed by atoms with Crippen LogP contribution in [0.5, 0.6) is 0 Å². The molecule has 0 unspecified atom stereocenters. The summed E-state index contributed by atoms with van der Waals surface area (Å²) in [6, 6.07) is 5.06. The number of piperidine rings is 1. The van der Waals surface area contributed by atoms with Crippen LogP contribution in [-0.2, 0) is 9.53 Å². The van der Waals surface area contributed by atoms with Gasteiger partial charge in [0.1, 0.15) is 17.9 Å². The number of hydrogen-bond donors (Lipinski definition) is 0. The standard InChI is InChI=1S/C22H21F2N5O2/c23-15-11-14(12-16(24)13-15)17-1-2-19-29(17)21(30)22(31-19)4-8-27(9-5-22)18-3-6-26-28-10-7-25-20(18)28/h3,6-7,10-13,17,19H,1-2,4-5,8-9H2/t17-,19+/m0/s1. The summed E-state index contributed by atoms with van der Waals surface area (Å²) in [5, 5.41) is 4.26. The second-order valence-corrected chi connectivity index (χ2v) is 8.47. The number of carbonyl (C=O) groups excluding carboxylic acids is 1. The first-order valence-corrected chi connectivity index (χ1v) is 10.5. The van der Waals surface area contributed by atoms with Gasteiger partial charge in [-0.1, -0.05) is 0 Å². The fraction of sp³-hybridized carbons (Fsp3) is 0.409. The van der Waals surface area contributed by atoms with E-state index in [1.807, 2.05) is 6.07 Å². The van der Waals surface area contributed by atoms with Crippen LogP contribution in [0.1, 0.15) is 37.3 Å². The van der Waals surface area contributed by atoms with E-state index >= 15 is 0 Å². The Morgan fingerprint density at radius 1 is 1.06 bits per heavy atom. The largest absolute Gasteiger partial charge is 0.368 e. The van der Waals surface area contributed by atoms with Gasteiger partial charge in [-0.15, -0.1) is 0 Å². The van der Waals surface area contributed by atoms with Gasteiger partial charge in [-0.2, -0.15) is 5.10 Å². The molecule has 7 nitrogen and oxygen atoms in total. The molecule has 3 fully saturated rings. The highest BCUT2D eigenvalue weighted by molar-refractivity contribution is 5.88. The number of aromatic nitrogens is 3. The first-order chi connectivity index (χ1) is 15.0. The molecular weight excluding hydrogens is 404 g/mol. The fourth-order valence-electron chi connectivity index (χ4n) is 5.32. The average Bonchev–Trinajstić information content (AvgIpc) is 3.45. The highest BCUT2D eigenvalue weighted by atomic mass is 19.1. The molecule has 9 heteroatoms. The third kappa shape index (κ3) is 2.83. The summed E-state index contributed by atoms with van der Waals surface area (Å²) in [6.07, 6.45) is 7.33. The predicted octanol–water partition coefficient (Wildman–Crippen LogP) is 3.07. The van der Waals surface area contributed by atoms with Crippen LogP contribution in [0.2, 0.25) is 0 Å². The summed E-state index contributed by atoms with van der Waals surface area (Å²) in [7, 11) is 0. The maximum Gasteiger partial charge on any atom is 0.257 e. The molecule has 3 aromatic rings. The molecule has 0 aliphatic carbocycles. The third-order valence-electron chi connectivity index (χ3n) is 6.77. The maximum absolute atomic E-state index is 13.8. The van der Waals surface area contributed by atoms with Crippen molar-refractivity contribution in [2.45, 2.75) is 43.6 Å². The van der Waals surface area contributed by atoms with E-state index in [9.17, 15) is 13.6 Å². The minimum atomic E-state index is -0.871. The number of anilines is 1. The van der Waals surface area contributed by atoms with Crippen LogP contribution in [0.4, 0.5) is 14.5 Å². The van der Waals surface area contributed by atoms with Gasteiger partial charge in [-0.05, 0) is 36.6 Å². The maximum atomic E-state index is 13.8. The Hall–Kier alpha value is -3.07. The normalized spacial score (nSPS) is 25.0. The molecule has 2 atom stereocenters. The van der Waals surface area contributed by atoms with Crippen LogP contribution in [-0.4, -0.2) is 50.3 Å². The third-order valence-corrected chi connectivity index (χ3v) is 6.77. The number of halogens is 2. The molecule has 0 N–H and O–H groups in total. The van der Waals surface area contributed by atoms with E-state index in [4.69, 9.17) is 4.74 Å². The molecular formula is C22H21F2N5O2. The van der Waals surface area contributed by atoms with E-state index in [2.05, 4.69) is 15.0 Å². The Morgan fingerprint density at radius 3 is 2.61 bits per heavy atom. The van der Waals surface area contributed by atoms with Gasteiger partial charge in [-0.3, -0.25) is 4.79 Å². The summed E-state index contributed by atoms with van der Waals surface area (Å²) in [6.45, 7) is 1.30. The van der Waals surface area contributed by atoms with Gasteiger partial charge in [0.05, 0.1) is 17.9 Å². The molecule has 1 amide bonds. The number of rotatable bonds is 2. The highest BCUT2D eigenvalue weighted by Gasteiger charge is 2.58. The van der Waals surface area contributed by atoms with Crippen molar-refractivity contribution in [3.63, 3.8) is 0 Å². The Balaban J connectivity index is 1.24. The Kier molecular flexibility index (Phi) is 4.05. The van der Waals surface area contributed by atoms with Crippen LogP contribution in [0.25, 0.3) is 5.65 Å². The lowest BCUT2D eigenvalue weighted by atomic mass is 9.89. The van der Waals surface area contributed by atoms with Gasteiger partial charge >= 0.3 is 0 Å². The lowest BCUT2D eigenvalue weighted by Gasteiger charge is -2.38. The van der Waals surface area contributed by atoms with Gasteiger partial charge in [0, 0.05) is 44.4 Å². The smallest absolute Gasteiger partial charge is 0.257 e. The summed E-state index contributed by atoms with van der Waals surface area (Å²) < 4.78 is 35.6. The number of imidazole rings is 1. The number of fused-ring (bicyclic) bond motifs is 2. The van der Waals surface area contributed by atoms with Crippen molar-refractivity contribution in [2.24, 2.45) is 0 Å². The number of amides is 1. The van der Waals surface area contributed by atoms with E-state index in [-0.39, 0.29) is 18.2 Å². The molecule has 160 valence electrons. The number of nitrogens with zero attached hydrogens (tertiary/aromatic N) is 5. The molecule has 6 rings (SSSR count). The zero-order valence-electron chi connectivity index (χ0n) is 16.7. The molecule has 1 aromatic carbocycles. The minimum Gasteiger partial charge on any atom is -0.368 e. The number of carbonyl (C=O) groups is 1. The minimum absolute atomic E-state index is 0.0648. The van der Waals surface area contributed by atoms with Crippen molar-refractivity contribution in [3.8, 4) is 0 Å². The average molecular weight is 425 g/mol. The molecule has 31 heavy (non-hydrogen) atoms. The Morgan fingerprint density at radius 2 is 1.84 bits per heavy atom. The van der Waals surface area contributed by atoms with Gasteiger partial charge in [-0.25, -0.2) is 18.3 Å². The lowest BCUT2D eigenvalue weighted by molar-refractivity contribution is -0.140. The zero-order valence-corrected chi connectivity index (χ0v) is 16.7. The second kappa shape index (κ2) is 6.71. The van der Waals surface area contributed by atoms with Gasteiger partial charge < -0.3 is 14.5 Å². The first-order valence-electron chi connectivity index (χ1n) is 10.5. The SMILES string of the molecule is O=C1N2[C@@H](CC[C@H]2c2cc(F)cc(F)c2)OC12CCN(c1ccnn3ccnc13)CC2. The van der Waals surface area contributed by atoms with E-state index in [0.717, 1.165) is 17.4 Å². The molecule has 3 aliphatic heterocycles. The summed E-state index contributed by atoms with van der Waals surface area (Å²) in [4.78, 5) is 21.8. The number of hydrogen-bond acceptors (Lipinski definition) is 5. The molecule has 1 spiro atoms. The van der Waals surface area contributed by atoms with E-state index in [0.29, 0.717) is 44.3 Å². The fourth-order valence-corrected chi connectivity index (χ4v) is 5.32. The monoisotopic (exact) mass is 425 g/mol. The van der Waals surface area contributed by atoms with Crippen molar-refractivity contribution >= 4 is 17.2 Å².